The van der Waals surface area contributed by atoms with E-state index in [0.717, 1.165) is 18.4 Å². The lowest BCUT2D eigenvalue weighted by Crippen LogP contribution is -2.43. The number of aliphatic hydroxyl groups is 1. The summed E-state index contributed by atoms with van der Waals surface area (Å²) in [4.78, 5) is 26.5. The summed E-state index contributed by atoms with van der Waals surface area (Å²) in [6.45, 7) is 0.377. The van der Waals surface area contributed by atoms with Crippen LogP contribution in [0.25, 0.3) is 0 Å². The molecule has 1 aromatic heterocycles. The first-order chi connectivity index (χ1) is 11.6. The monoisotopic (exact) mass is 344 g/mol. The van der Waals surface area contributed by atoms with Gasteiger partial charge in [-0.3, -0.25) is 9.59 Å². The zero-order valence-corrected chi connectivity index (χ0v) is 14.0. The van der Waals surface area contributed by atoms with Gasteiger partial charge in [0.25, 0.3) is 5.91 Å². The van der Waals surface area contributed by atoms with Crippen LogP contribution in [-0.4, -0.2) is 34.5 Å². The quantitative estimate of drug-likeness (QED) is 0.808. The molecular weight excluding hydrogens is 324 g/mol. The maximum absolute atomic E-state index is 13.0. The summed E-state index contributed by atoms with van der Waals surface area (Å²) in [5, 5.41) is 11.4. The molecule has 0 spiro atoms. The van der Waals surface area contributed by atoms with Crippen molar-refractivity contribution in [2.75, 3.05) is 6.61 Å². The van der Waals surface area contributed by atoms with Crippen molar-refractivity contribution in [3.8, 4) is 0 Å². The second kappa shape index (κ2) is 7.15. The third-order valence-corrected chi connectivity index (χ3v) is 5.22. The summed E-state index contributed by atoms with van der Waals surface area (Å²) < 4.78 is 0. The Morgan fingerprint density at radius 1 is 1.29 bits per heavy atom. The Balaban J connectivity index is 1.87. The highest BCUT2D eigenvalue weighted by atomic mass is 32.1. The van der Waals surface area contributed by atoms with E-state index in [-0.39, 0.29) is 18.6 Å². The Hall–Kier alpha value is -2.18. The first-order valence-electron chi connectivity index (χ1n) is 7.94. The fourth-order valence-electron chi connectivity index (χ4n) is 2.82. The predicted octanol–water partition coefficient (Wildman–Crippen LogP) is 2.26. The van der Waals surface area contributed by atoms with Gasteiger partial charge >= 0.3 is 0 Å². The van der Waals surface area contributed by atoms with Gasteiger partial charge in [0.15, 0.2) is 0 Å². The minimum absolute atomic E-state index is 0.0582. The van der Waals surface area contributed by atoms with Crippen LogP contribution < -0.4 is 5.73 Å². The van der Waals surface area contributed by atoms with Crippen molar-refractivity contribution in [2.45, 2.75) is 25.4 Å². The number of carbonyl (C=O) groups excluding carboxylic acids is 2. The topological polar surface area (TPSA) is 83.6 Å². The van der Waals surface area contributed by atoms with Crippen LogP contribution in [0.2, 0.25) is 0 Å². The molecule has 1 atom stereocenters. The molecule has 1 fully saturated rings. The fourth-order valence-corrected chi connectivity index (χ4v) is 3.67. The van der Waals surface area contributed by atoms with Gasteiger partial charge < -0.3 is 15.7 Å². The number of hydrogen-bond acceptors (Lipinski definition) is 4. The summed E-state index contributed by atoms with van der Waals surface area (Å²) in [6.07, 6.45) is 2.06. The van der Waals surface area contributed by atoms with Gasteiger partial charge in [-0.25, -0.2) is 0 Å². The lowest BCUT2D eigenvalue weighted by Gasteiger charge is -2.30. The molecule has 0 bridgehead atoms. The van der Waals surface area contributed by atoms with Gasteiger partial charge in [-0.05, 0) is 30.4 Å². The molecule has 1 unspecified atom stereocenters. The second-order valence-electron chi connectivity index (χ2n) is 6.07. The van der Waals surface area contributed by atoms with E-state index >= 15 is 0 Å². The number of thiophene rings is 1. The molecule has 5 nitrogen and oxygen atoms in total. The molecule has 1 aliphatic carbocycles. The zero-order valence-electron chi connectivity index (χ0n) is 13.2. The molecule has 2 aromatic rings. The minimum atomic E-state index is -0.541. The Morgan fingerprint density at radius 3 is 2.54 bits per heavy atom. The molecule has 1 aromatic carbocycles. The Labute approximate surface area is 144 Å². The van der Waals surface area contributed by atoms with Crippen molar-refractivity contribution >= 4 is 23.2 Å². The van der Waals surface area contributed by atoms with E-state index < -0.39 is 5.91 Å². The van der Waals surface area contributed by atoms with Crippen LogP contribution >= 0.6 is 11.3 Å². The van der Waals surface area contributed by atoms with E-state index in [9.17, 15) is 14.7 Å². The first-order valence-corrected chi connectivity index (χ1v) is 8.82. The summed E-state index contributed by atoms with van der Waals surface area (Å²) in [7, 11) is 0. The number of carbonyl (C=O) groups is 2. The number of amides is 2. The lowest BCUT2D eigenvalue weighted by atomic mass is 10.1. The SMILES string of the molecule is NC(=O)c1csc(C(=O)N(Cc2ccccc2)C(CO)C2CC2)c1. The third-order valence-electron chi connectivity index (χ3n) is 4.30. The Kier molecular flexibility index (Phi) is 4.97. The van der Waals surface area contributed by atoms with Crippen LogP contribution in [-0.2, 0) is 6.54 Å². The van der Waals surface area contributed by atoms with E-state index in [1.165, 1.54) is 17.4 Å². The van der Waals surface area contributed by atoms with Crippen molar-refractivity contribution in [3.05, 3.63) is 57.8 Å². The smallest absolute Gasteiger partial charge is 0.264 e. The normalized spacial score (nSPS) is 15.0. The molecule has 1 saturated carbocycles. The molecule has 0 aliphatic heterocycles. The maximum Gasteiger partial charge on any atom is 0.264 e. The first kappa shape index (κ1) is 16.7. The molecule has 0 radical (unpaired) electrons. The van der Waals surface area contributed by atoms with E-state index in [2.05, 4.69) is 0 Å². The molecular formula is C18H20N2O3S. The van der Waals surface area contributed by atoms with Gasteiger partial charge in [0.2, 0.25) is 5.91 Å². The fraction of sp³-hybridized carbons (Fsp3) is 0.333. The van der Waals surface area contributed by atoms with Gasteiger partial charge in [0.05, 0.1) is 23.1 Å². The van der Waals surface area contributed by atoms with Gasteiger partial charge in [-0.2, -0.15) is 0 Å². The molecule has 3 N–H and O–H groups in total. The van der Waals surface area contributed by atoms with Crippen LogP contribution in [0.4, 0.5) is 0 Å². The van der Waals surface area contributed by atoms with Crippen molar-refractivity contribution in [1.29, 1.82) is 0 Å². The van der Waals surface area contributed by atoms with Crippen molar-refractivity contribution < 1.29 is 14.7 Å². The molecule has 0 saturated heterocycles. The number of nitrogens with two attached hydrogens (primary N) is 1. The maximum atomic E-state index is 13.0. The van der Waals surface area contributed by atoms with Crippen LogP contribution in [0, 0.1) is 5.92 Å². The van der Waals surface area contributed by atoms with Gasteiger partial charge in [-0.1, -0.05) is 30.3 Å². The molecule has 6 heteroatoms. The molecule has 1 heterocycles. The van der Waals surface area contributed by atoms with Gasteiger partial charge in [0.1, 0.15) is 0 Å². The largest absolute Gasteiger partial charge is 0.394 e. The molecule has 24 heavy (non-hydrogen) atoms. The molecule has 1 aliphatic rings. The third kappa shape index (κ3) is 3.66. The molecule has 126 valence electrons. The van der Waals surface area contributed by atoms with Crippen molar-refractivity contribution in [2.24, 2.45) is 11.7 Å². The number of hydrogen-bond donors (Lipinski definition) is 2. The van der Waals surface area contributed by atoms with E-state index in [1.54, 1.807) is 10.3 Å². The van der Waals surface area contributed by atoms with Gasteiger partial charge in [-0.15, -0.1) is 11.3 Å². The number of aliphatic hydroxyl groups excluding tert-OH is 1. The summed E-state index contributed by atoms with van der Waals surface area (Å²) in [5.74, 6) is -0.360. The zero-order chi connectivity index (χ0) is 17.1. The summed E-state index contributed by atoms with van der Waals surface area (Å²) >= 11 is 1.21. The van der Waals surface area contributed by atoms with E-state index in [0.29, 0.717) is 22.9 Å². The van der Waals surface area contributed by atoms with Crippen LogP contribution in [0.1, 0.15) is 38.4 Å². The highest BCUT2D eigenvalue weighted by molar-refractivity contribution is 7.12. The van der Waals surface area contributed by atoms with Crippen molar-refractivity contribution in [1.82, 2.24) is 4.90 Å². The van der Waals surface area contributed by atoms with E-state index in [1.807, 2.05) is 30.3 Å². The number of primary amides is 1. The minimum Gasteiger partial charge on any atom is -0.394 e. The van der Waals surface area contributed by atoms with Gasteiger partial charge in [0, 0.05) is 11.9 Å². The molecule has 2 amide bonds. The highest BCUT2D eigenvalue weighted by Gasteiger charge is 2.37. The number of benzene rings is 1. The Morgan fingerprint density at radius 2 is 2.00 bits per heavy atom. The predicted molar refractivity (Wildman–Crippen MR) is 92.8 cm³/mol. The standard InChI is InChI=1S/C18H20N2O3S/c19-17(22)14-8-16(24-11-14)18(23)20(15(10-21)13-6-7-13)9-12-4-2-1-3-5-12/h1-5,8,11,13,15,21H,6-7,9-10H2,(H2,19,22). The lowest BCUT2D eigenvalue weighted by molar-refractivity contribution is 0.0536. The van der Waals surface area contributed by atoms with E-state index in [4.69, 9.17) is 5.73 Å². The summed E-state index contributed by atoms with van der Waals surface area (Å²) in [5.41, 5.74) is 6.63. The average Bonchev–Trinajstić information content (AvgIpc) is 3.29. The Bertz CT molecular complexity index is 725. The van der Waals surface area contributed by atoms with Crippen LogP contribution in [0.15, 0.2) is 41.8 Å². The van der Waals surface area contributed by atoms with Crippen LogP contribution in [0.3, 0.4) is 0 Å². The molecule has 3 rings (SSSR count). The second-order valence-corrected chi connectivity index (χ2v) is 6.98. The van der Waals surface area contributed by atoms with Crippen molar-refractivity contribution in [3.63, 3.8) is 0 Å². The summed E-state index contributed by atoms with van der Waals surface area (Å²) in [6, 6.07) is 11.1. The highest BCUT2D eigenvalue weighted by Crippen LogP contribution is 2.36. The number of nitrogens with zero attached hydrogens (tertiary/aromatic N) is 1. The van der Waals surface area contributed by atoms with Crippen LogP contribution in [0.5, 0.6) is 0 Å². The number of rotatable bonds is 7. The average molecular weight is 344 g/mol.